The Morgan fingerprint density at radius 2 is 1.96 bits per heavy atom. The van der Waals surface area contributed by atoms with Crippen molar-refractivity contribution in [1.82, 2.24) is 5.32 Å². The Balaban J connectivity index is 1.66. The van der Waals surface area contributed by atoms with E-state index in [1.807, 2.05) is 43.0 Å². The van der Waals surface area contributed by atoms with Crippen LogP contribution in [0.4, 0.5) is 0 Å². The van der Waals surface area contributed by atoms with Crippen molar-refractivity contribution in [3.8, 4) is 5.75 Å². The molecular formula is C20H25NO2S. The minimum atomic E-state index is -0.493. The first-order valence-electron chi connectivity index (χ1n) is 8.19. The Hall–Kier alpha value is -1.94. The molecule has 0 spiro atoms. The molecule has 1 N–H and O–H groups in total. The van der Waals surface area contributed by atoms with E-state index in [9.17, 15) is 4.79 Å². The number of rotatable bonds is 8. The van der Waals surface area contributed by atoms with E-state index in [1.54, 1.807) is 6.92 Å². The highest BCUT2D eigenvalue weighted by atomic mass is 32.2. The molecule has 0 fully saturated rings. The summed E-state index contributed by atoms with van der Waals surface area (Å²) >= 11 is 1.82. The summed E-state index contributed by atoms with van der Waals surface area (Å²) in [5.41, 5.74) is 3.64. The minimum Gasteiger partial charge on any atom is -0.481 e. The van der Waals surface area contributed by atoms with E-state index in [-0.39, 0.29) is 5.91 Å². The van der Waals surface area contributed by atoms with Gasteiger partial charge in [-0.3, -0.25) is 4.79 Å². The fourth-order valence-corrected chi connectivity index (χ4v) is 3.12. The van der Waals surface area contributed by atoms with Gasteiger partial charge in [0.15, 0.2) is 6.10 Å². The maximum absolute atomic E-state index is 12.1. The molecule has 24 heavy (non-hydrogen) atoms. The summed E-state index contributed by atoms with van der Waals surface area (Å²) in [6, 6.07) is 16.2. The number of ether oxygens (including phenoxy) is 1. The number of nitrogens with one attached hydrogen (secondary N) is 1. The highest BCUT2D eigenvalue weighted by Gasteiger charge is 2.14. The predicted octanol–water partition coefficient (Wildman–Crippen LogP) is 4.12. The van der Waals surface area contributed by atoms with E-state index in [4.69, 9.17) is 4.74 Å². The monoisotopic (exact) mass is 343 g/mol. The Kier molecular flexibility index (Phi) is 7.19. The van der Waals surface area contributed by atoms with Gasteiger partial charge in [-0.15, -0.1) is 0 Å². The molecule has 0 aliphatic heterocycles. The fourth-order valence-electron chi connectivity index (χ4n) is 2.31. The van der Waals surface area contributed by atoms with Crippen molar-refractivity contribution in [3.05, 3.63) is 65.2 Å². The van der Waals surface area contributed by atoms with Crippen LogP contribution in [0.25, 0.3) is 0 Å². The second-order valence-corrected chi connectivity index (χ2v) is 6.96. The van der Waals surface area contributed by atoms with E-state index >= 15 is 0 Å². The van der Waals surface area contributed by atoms with Crippen LogP contribution in [-0.2, 0) is 10.5 Å². The second-order valence-electron chi connectivity index (χ2n) is 5.86. The second kappa shape index (κ2) is 9.38. The van der Waals surface area contributed by atoms with E-state index in [0.717, 1.165) is 22.8 Å². The average molecular weight is 343 g/mol. The topological polar surface area (TPSA) is 38.3 Å². The van der Waals surface area contributed by atoms with Crippen LogP contribution in [0, 0.1) is 13.8 Å². The number of amides is 1. The van der Waals surface area contributed by atoms with Crippen LogP contribution in [0.15, 0.2) is 48.5 Å². The normalized spacial score (nSPS) is 11.8. The number of aryl methyl sites for hydroxylation is 2. The molecule has 0 saturated carbocycles. The number of benzene rings is 2. The van der Waals surface area contributed by atoms with Crippen molar-refractivity contribution in [2.45, 2.75) is 32.6 Å². The molecule has 0 saturated heterocycles. The van der Waals surface area contributed by atoms with Crippen molar-refractivity contribution in [2.24, 2.45) is 0 Å². The lowest BCUT2D eigenvalue weighted by atomic mass is 10.2. The largest absolute Gasteiger partial charge is 0.481 e. The van der Waals surface area contributed by atoms with Crippen molar-refractivity contribution in [2.75, 3.05) is 12.3 Å². The molecule has 0 aliphatic rings. The molecule has 3 nitrogen and oxygen atoms in total. The first-order valence-corrected chi connectivity index (χ1v) is 9.35. The van der Waals surface area contributed by atoms with Crippen LogP contribution in [-0.4, -0.2) is 24.3 Å². The lowest BCUT2D eigenvalue weighted by Crippen LogP contribution is -2.37. The zero-order valence-electron chi connectivity index (χ0n) is 14.5. The lowest BCUT2D eigenvalue weighted by molar-refractivity contribution is -0.127. The number of carbonyl (C=O) groups excluding carboxylic acids is 1. The number of carbonyl (C=O) groups is 1. The van der Waals surface area contributed by atoms with Crippen molar-refractivity contribution < 1.29 is 9.53 Å². The molecule has 0 aliphatic carbocycles. The molecule has 2 aromatic rings. The maximum atomic E-state index is 12.1. The summed E-state index contributed by atoms with van der Waals surface area (Å²) in [4.78, 5) is 12.1. The van der Waals surface area contributed by atoms with Crippen LogP contribution in [0.5, 0.6) is 5.75 Å². The third-order valence-electron chi connectivity index (χ3n) is 3.66. The molecule has 2 aromatic carbocycles. The van der Waals surface area contributed by atoms with Crippen molar-refractivity contribution >= 4 is 17.7 Å². The molecule has 2 rings (SSSR count). The Morgan fingerprint density at radius 1 is 1.17 bits per heavy atom. The van der Waals surface area contributed by atoms with E-state index in [2.05, 4.69) is 36.5 Å². The summed E-state index contributed by atoms with van der Waals surface area (Å²) in [5.74, 6) is 2.53. The standard InChI is InChI=1S/C20H25NO2S/c1-15-7-6-9-18(13-15)14-24-12-11-21-20(22)17(3)23-19-10-5-4-8-16(19)2/h4-10,13,17H,11-12,14H2,1-3H3,(H,21,22). The quantitative estimate of drug-likeness (QED) is 0.733. The summed E-state index contributed by atoms with van der Waals surface area (Å²) in [6.07, 6.45) is -0.493. The highest BCUT2D eigenvalue weighted by Crippen LogP contribution is 2.18. The van der Waals surface area contributed by atoms with Gasteiger partial charge in [0.05, 0.1) is 0 Å². The molecule has 1 atom stereocenters. The molecule has 1 amide bonds. The SMILES string of the molecule is Cc1cccc(CSCCNC(=O)C(C)Oc2ccccc2C)c1. The Morgan fingerprint density at radius 3 is 2.71 bits per heavy atom. The summed E-state index contributed by atoms with van der Waals surface area (Å²) in [6.45, 7) is 6.50. The molecular weight excluding hydrogens is 318 g/mol. The van der Waals surface area contributed by atoms with Crippen LogP contribution in [0.2, 0.25) is 0 Å². The number of thioether (sulfide) groups is 1. The highest BCUT2D eigenvalue weighted by molar-refractivity contribution is 7.98. The van der Waals surface area contributed by atoms with Crippen molar-refractivity contribution in [3.63, 3.8) is 0 Å². The van der Waals surface area contributed by atoms with E-state index in [0.29, 0.717) is 6.54 Å². The first-order chi connectivity index (χ1) is 11.6. The zero-order chi connectivity index (χ0) is 17.4. The van der Waals surface area contributed by atoms with Crippen molar-refractivity contribution in [1.29, 1.82) is 0 Å². The van der Waals surface area contributed by atoms with Gasteiger partial charge in [0.25, 0.3) is 5.91 Å². The minimum absolute atomic E-state index is 0.0746. The van der Waals surface area contributed by atoms with E-state index in [1.165, 1.54) is 11.1 Å². The van der Waals surface area contributed by atoms with Gasteiger partial charge >= 0.3 is 0 Å². The molecule has 0 bridgehead atoms. The number of para-hydroxylation sites is 1. The van der Waals surface area contributed by atoms with Gasteiger partial charge in [0.2, 0.25) is 0 Å². The van der Waals surface area contributed by atoms with Gasteiger partial charge in [0.1, 0.15) is 5.75 Å². The van der Waals surface area contributed by atoms with Gasteiger partial charge < -0.3 is 10.1 Å². The average Bonchev–Trinajstić information content (AvgIpc) is 2.56. The molecule has 1 unspecified atom stereocenters. The van der Waals surface area contributed by atoms with Gasteiger partial charge in [-0.2, -0.15) is 11.8 Å². The predicted molar refractivity (Wildman–Crippen MR) is 102 cm³/mol. The maximum Gasteiger partial charge on any atom is 0.260 e. The first kappa shape index (κ1) is 18.4. The van der Waals surface area contributed by atoms with Gasteiger partial charge in [-0.05, 0) is 38.0 Å². The molecule has 0 radical (unpaired) electrons. The van der Waals surface area contributed by atoms with Crippen LogP contribution in [0.1, 0.15) is 23.6 Å². The van der Waals surface area contributed by atoms with Crippen LogP contribution in [0.3, 0.4) is 0 Å². The third kappa shape index (κ3) is 5.93. The van der Waals surface area contributed by atoms with Gasteiger partial charge in [-0.25, -0.2) is 0 Å². The van der Waals surface area contributed by atoms with E-state index < -0.39 is 6.10 Å². The zero-order valence-corrected chi connectivity index (χ0v) is 15.4. The Bertz CT molecular complexity index is 672. The van der Waals surface area contributed by atoms with Gasteiger partial charge in [-0.1, -0.05) is 48.0 Å². The number of hydrogen-bond acceptors (Lipinski definition) is 3. The molecule has 4 heteroatoms. The number of hydrogen-bond donors (Lipinski definition) is 1. The molecule has 0 heterocycles. The lowest BCUT2D eigenvalue weighted by Gasteiger charge is -2.16. The summed E-state index contributed by atoms with van der Waals surface area (Å²) in [7, 11) is 0. The molecule has 0 aromatic heterocycles. The summed E-state index contributed by atoms with van der Waals surface area (Å²) < 4.78 is 5.73. The van der Waals surface area contributed by atoms with Gasteiger partial charge in [0, 0.05) is 18.1 Å². The van der Waals surface area contributed by atoms with Crippen LogP contribution < -0.4 is 10.1 Å². The molecule has 128 valence electrons. The smallest absolute Gasteiger partial charge is 0.260 e. The van der Waals surface area contributed by atoms with Crippen LogP contribution >= 0.6 is 11.8 Å². The Labute approximate surface area is 148 Å². The summed E-state index contributed by atoms with van der Waals surface area (Å²) in [5, 5.41) is 2.94. The fraction of sp³-hybridized carbons (Fsp3) is 0.350. The third-order valence-corrected chi connectivity index (χ3v) is 4.69.